The van der Waals surface area contributed by atoms with Gasteiger partial charge in [0, 0.05) is 31.5 Å². The molecule has 2 N–H and O–H groups in total. The summed E-state index contributed by atoms with van der Waals surface area (Å²) in [7, 11) is 0. The molecule has 126 valence electrons. The number of carbonyl (C=O) groups is 1. The molecule has 1 aromatic heterocycles. The van der Waals surface area contributed by atoms with E-state index in [1.807, 2.05) is 12.1 Å². The van der Waals surface area contributed by atoms with Gasteiger partial charge in [-0.1, -0.05) is 18.2 Å². The Hall–Kier alpha value is -2.86. The molecule has 0 atom stereocenters. The highest BCUT2D eigenvalue weighted by Gasteiger charge is 2.16. The topological polar surface area (TPSA) is 66.9 Å². The normalized spacial score (nSPS) is 13.5. The fourth-order valence-corrected chi connectivity index (χ4v) is 3.26. The van der Waals surface area contributed by atoms with Crippen molar-refractivity contribution in [3.63, 3.8) is 0 Å². The number of amides is 1. The third kappa shape index (κ3) is 3.08. The first-order valence-electron chi connectivity index (χ1n) is 8.21. The maximum atomic E-state index is 13.8. The number of fused-ring (bicyclic) bond motifs is 2. The van der Waals surface area contributed by atoms with Gasteiger partial charge in [0.25, 0.3) is 5.91 Å². The summed E-state index contributed by atoms with van der Waals surface area (Å²) in [6.45, 7) is 2.18. The number of aromatic nitrogens is 2. The number of rotatable bonds is 3. The number of nitrogens with one attached hydrogen (secondary N) is 2. The molecule has 25 heavy (non-hydrogen) atoms. The largest absolute Gasteiger partial charge is 0.348 e. The fraction of sp³-hybridized carbons (Fsp3) is 0.211. The number of benzene rings is 2. The molecule has 0 unspecified atom stereocenters. The summed E-state index contributed by atoms with van der Waals surface area (Å²) < 4.78 is 13.8. The Kier molecular flexibility index (Phi) is 4.11. The molecule has 3 aromatic rings. The Balaban J connectivity index is 1.60. The van der Waals surface area contributed by atoms with Crippen molar-refractivity contribution in [1.82, 2.24) is 20.6 Å². The van der Waals surface area contributed by atoms with E-state index in [0.717, 1.165) is 25.1 Å². The molecule has 1 amide bonds. The van der Waals surface area contributed by atoms with Crippen LogP contribution in [0.4, 0.5) is 4.39 Å². The van der Waals surface area contributed by atoms with Crippen LogP contribution in [0, 0.1) is 5.82 Å². The number of hydrogen-bond donors (Lipinski definition) is 2. The molecule has 4 rings (SSSR count). The van der Waals surface area contributed by atoms with Gasteiger partial charge in [0.15, 0.2) is 0 Å². The third-order valence-electron chi connectivity index (χ3n) is 4.46. The Morgan fingerprint density at radius 3 is 3.04 bits per heavy atom. The number of nitrogens with zero attached hydrogens (tertiary/aromatic N) is 2. The van der Waals surface area contributed by atoms with Gasteiger partial charge in [0.05, 0.1) is 11.1 Å². The second-order valence-electron chi connectivity index (χ2n) is 6.04. The van der Waals surface area contributed by atoms with Crippen molar-refractivity contribution in [2.45, 2.75) is 19.5 Å². The molecule has 0 saturated heterocycles. The second kappa shape index (κ2) is 6.57. The summed E-state index contributed by atoms with van der Waals surface area (Å²) in [4.78, 5) is 20.8. The SMILES string of the molecule is O=C(NCc1cccc2c1CCNC2)c1cc(F)cc2nccnc12. The number of halogens is 1. The van der Waals surface area contributed by atoms with Gasteiger partial charge in [-0.25, -0.2) is 4.39 Å². The van der Waals surface area contributed by atoms with Crippen molar-refractivity contribution in [2.75, 3.05) is 6.54 Å². The van der Waals surface area contributed by atoms with Crippen LogP contribution in [0.5, 0.6) is 0 Å². The Labute approximate surface area is 144 Å². The van der Waals surface area contributed by atoms with E-state index in [4.69, 9.17) is 0 Å². The molecule has 0 bridgehead atoms. The highest BCUT2D eigenvalue weighted by atomic mass is 19.1. The van der Waals surface area contributed by atoms with Crippen molar-refractivity contribution in [3.8, 4) is 0 Å². The Bertz CT molecular complexity index is 957. The number of carbonyl (C=O) groups excluding carboxylic acids is 1. The minimum Gasteiger partial charge on any atom is -0.348 e. The third-order valence-corrected chi connectivity index (χ3v) is 4.46. The molecule has 0 aliphatic carbocycles. The maximum absolute atomic E-state index is 13.8. The predicted molar refractivity (Wildman–Crippen MR) is 92.5 cm³/mol. The second-order valence-corrected chi connectivity index (χ2v) is 6.04. The molecule has 5 nitrogen and oxygen atoms in total. The molecular weight excluding hydrogens is 319 g/mol. The van der Waals surface area contributed by atoms with Crippen molar-refractivity contribution in [2.24, 2.45) is 0 Å². The van der Waals surface area contributed by atoms with Gasteiger partial charge in [-0.15, -0.1) is 0 Å². The fourth-order valence-electron chi connectivity index (χ4n) is 3.26. The van der Waals surface area contributed by atoms with Crippen LogP contribution in [0.3, 0.4) is 0 Å². The minimum atomic E-state index is -0.499. The van der Waals surface area contributed by atoms with E-state index < -0.39 is 5.82 Å². The monoisotopic (exact) mass is 336 g/mol. The first-order chi connectivity index (χ1) is 12.2. The predicted octanol–water partition coefficient (Wildman–Crippen LogP) is 2.34. The summed E-state index contributed by atoms with van der Waals surface area (Å²) in [5.74, 6) is -0.849. The molecule has 2 heterocycles. The van der Waals surface area contributed by atoms with Crippen LogP contribution in [-0.2, 0) is 19.5 Å². The average Bonchev–Trinajstić information content (AvgIpc) is 2.65. The van der Waals surface area contributed by atoms with Crippen molar-refractivity contribution < 1.29 is 9.18 Å². The maximum Gasteiger partial charge on any atom is 0.253 e. The lowest BCUT2D eigenvalue weighted by molar-refractivity contribution is 0.0952. The van der Waals surface area contributed by atoms with Crippen LogP contribution >= 0.6 is 0 Å². The average molecular weight is 336 g/mol. The molecule has 0 saturated carbocycles. The summed E-state index contributed by atoms with van der Waals surface area (Å²) in [5, 5.41) is 6.23. The van der Waals surface area contributed by atoms with Crippen LogP contribution in [0.1, 0.15) is 27.0 Å². The summed E-state index contributed by atoms with van der Waals surface area (Å²) in [6, 6.07) is 8.60. The molecule has 0 fully saturated rings. The standard InChI is InChI=1S/C19H17FN4O/c20-14-8-16(18-17(9-14)22-6-7-23-18)19(25)24-11-13-3-1-2-12-10-21-5-4-15(12)13/h1-3,6-9,21H,4-5,10-11H2,(H,24,25). The van der Waals surface area contributed by atoms with Crippen molar-refractivity contribution >= 4 is 16.9 Å². The molecular formula is C19H17FN4O. The van der Waals surface area contributed by atoms with Gasteiger partial charge in [-0.05, 0) is 35.7 Å². The van der Waals surface area contributed by atoms with Gasteiger partial charge in [-0.3, -0.25) is 14.8 Å². The molecule has 2 aromatic carbocycles. The summed E-state index contributed by atoms with van der Waals surface area (Å²) in [5.41, 5.74) is 4.62. The van der Waals surface area contributed by atoms with Crippen LogP contribution in [0.25, 0.3) is 11.0 Å². The van der Waals surface area contributed by atoms with Crippen molar-refractivity contribution in [1.29, 1.82) is 0 Å². The molecule has 1 aliphatic heterocycles. The first kappa shape index (κ1) is 15.7. The molecule has 1 aliphatic rings. The van der Waals surface area contributed by atoms with E-state index in [1.54, 1.807) is 0 Å². The lowest BCUT2D eigenvalue weighted by atomic mass is 9.95. The van der Waals surface area contributed by atoms with E-state index in [2.05, 4.69) is 26.7 Å². The zero-order valence-electron chi connectivity index (χ0n) is 13.6. The van der Waals surface area contributed by atoms with Crippen LogP contribution in [0.15, 0.2) is 42.7 Å². The zero-order chi connectivity index (χ0) is 17.2. The summed E-state index contributed by atoms with van der Waals surface area (Å²) >= 11 is 0. The molecule has 0 radical (unpaired) electrons. The van der Waals surface area contributed by atoms with E-state index in [0.29, 0.717) is 17.6 Å². The van der Waals surface area contributed by atoms with Crippen molar-refractivity contribution in [3.05, 3.63) is 70.8 Å². The lowest BCUT2D eigenvalue weighted by Crippen LogP contribution is -2.28. The zero-order valence-corrected chi connectivity index (χ0v) is 13.6. The van der Waals surface area contributed by atoms with E-state index in [1.165, 1.54) is 35.7 Å². The Morgan fingerprint density at radius 2 is 2.12 bits per heavy atom. The quantitative estimate of drug-likeness (QED) is 0.770. The van der Waals surface area contributed by atoms with E-state index in [9.17, 15) is 9.18 Å². The van der Waals surface area contributed by atoms with Crippen LogP contribution < -0.4 is 10.6 Å². The Morgan fingerprint density at radius 1 is 1.24 bits per heavy atom. The van der Waals surface area contributed by atoms with Crippen LogP contribution in [-0.4, -0.2) is 22.4 Å². The highest BCUT2D eigenvalue weighted by molar-refractivity contribution is 6.04. The minimum absolute atomic E-state index is 0.203. The van der Waals surface area contributed by atoms with E-state index in [-0.39, 0.29) is 11.5 Å². The van der Waals surface area contributed by atoms with Gasteiger partial charge in [-0.2, -0.15) is 0 Å². The van der Waals surface area contributed by atoms with Gasteiger partial charge >= 0.3 is 0 Å². The molecule has 6 heteroatoms. The van der Waals surface area contributed by atoms with E-state index >= 15 is 0 Å². The smallest absolute Gasteiger partial charge is 0.253 e. The lowest BCUT2D eigenvalue weighted by Gasteiger charge is -2.20. The summed E-state index contributed by atoms with van der Waals surface area (Å²) in [6.07, 6.45) is 3.92. The first-order valence-corrected chi connectivity index (χ1v) is 8.21. The van der Waals surface area contributed by atoms with Crippen LogP contribution in [0.2, 0.25) is 0 Å². The molecule has 0 spiro atoms. The number of hydrogen-bond acceptors (Lipinski definition) is 4. The highest BCUT2D eigenvalue weighted by Crippen LogP contribution is 2.20. The van der Waals surface area contributed by atoms with Gasteiger partial charge in [0.1, 0.15) is 11.3 Å². The van der Waals surface area contributed by atoms with Gasteiger partial charge in [0.2, 0.25) is 0 Å². The van der Waals surface area contributed by atoms with Gasteiger partial charge < -0.3 is 10.6 Å².